The van der Waals surface area contributed by atoms with Crippen molar-refractivity contribution >= 4 is 34.7 Å². The molecule has 4 rings (SSSR count). The van der Waals surface area contributed by atoms with Crippen molar-refractivity contribution in [2.75, 3.05) is 11.9 Å². The van der Waals surface area contributed by atoms with Gasteiger partial charge in [-0.1, -0.05) is 66.2 Å². The minimum Gasteiger partial charge on any atom is -0.350 e. The normalized spacial score (nSPS) is 13.8. The van der Waals surface area contributed by atoms with Gasteiger partial charge in [0, 0.05) is 17.3 Å². The van der Waals surface area contributed by atoms with Crippen molar-refractivity contribution in [3.63, 3.8) is 0 Å². The van der Waals surface area contributed by atoms with E-state index in [1.54, 1.807) is 0 Å². The third-order valence-electron chi connectivity index (χ3n) is 5.63. The number of aryl methyl sites for hydroxylation is 1. The summed E-state index contributed by atoms with van der Waals surface area (Å²) in [6.07, 6.45) is 0.563. The summed E-state index contributed by atoms with van der Waals surface area (Å²) in [5.41, 5.74) is 5.45. The number of carbonyl (C=O) groups is 2. The van der Waals surface area contributed by atoms with E-state index in [0.717, 1.165) is 27.9 Å². The lowest BCUT2D eigenvalue weighted by molar-refractivity contribution is -0.136. The molecule has 0 radical (unpaired) electrons. The minimum atomic E-state index is -0.307. The zero-order valence-electron chi connectivity index (χ0n) is 17.5. The largest absolute Gasteiger partial charge is 0.350 e. The average Bonchev–Trinajstić information content (AvgIpc) is 3.01. The summed E-state index contributed by atoms with van der Waals surface area (Å²) < 4.78 is 0. The first-order chi connectivity index (χ1) is 15.0. The smallest absolute Gasteiger partial charge is 0.278 e. The Hall–Kier alpha value is -3.37. The fourth-order valence-electron chi connectivity index (χ4n) is 3.68. The molecule has 0 saturated carbocycles. The molecular formula is C26H23ClN2O2. The van der Waals surface area contributed by atoms with Crippen molar-refractivity contribution in [3.8, 4) is 0 Å². The lowest BCUT2D eigenvalue weighted by atomic mass is 10.0. The van der Waals surface area contributed by atoms with Crippen LogP contribution in [0.15, 0.2) is 78.5 Å². The van der Waals surface area contributed by atoms with Crippen LogP contribution in [0.4, 0.5) is 5.69 Å². The van der Waals surface area contributed by atoms with Crippen LogP contribution in [0.5, 0.6) is 0 Å². The third-order valence-corrected chi connectivity index (χ3v) is 5.88. The van der Waals surface area contributed by atoms with E-state index in [-0.39, 0.29) is 11.8 Å². The molecule has 0 atom stereocenters. The highest BCUT2D eigenvalue weighted by molar-refractivity contribution is 6.36. The van der Waals surface area contributed by atoms with Crippen LogP contribution in [0.1, 0.15) is 22.3 Å². The summed E-state index contributed by atoms with van der Waals surface area (Å²) in [5, 5.41) is 3.92. The van der Waals surface area contributed by atoms with Gasteiger partial charge in [-0.15, -0.1) is 0 Å². The van der Waals surface area contributed by atoms with Crippen LogP contribution in [0.2, 0.25) is 5.02 Å². The fraction of sp³-hybridized carbons (Fsp3) is 0.154. The van der Waals surface area contributed by atoms with Gasteiger partial charge in [0.1, 0.15) is 5.70 Å². The van der Waals surface area contributed by atoms with Gasteiger partial charge in [-0.3, -0.25) is 14.5 Å². The number of hydrogen-bond acceptors (Lipinski definition) is 3. The maximum absolute atomic E-state index is 13.3. The second kappa shape index (κ2) is 8.78. The SMILES string of the molecule is Cc1cccc(NC2=C(c3ccccc3)C(=O)N(CCc3ccc(Cl)cc3)C2=O)c1C. The van der Waals surface area contributed by atoms with Gasteiger partial charge in [-0.05, 0) is 60.7 Å². The molecule has 4 nitrogen and oxygen atoms in total. The summed E-state index contributed by atoms with van der Waals surface area (Å²) in [4.78, 5) is 28.0. The summed E-state index contributed by atoms with van der Waals surface area (Å²) in [5.74, 6) is -0.586. The molecule has 1 N–H and O–H groups in total. The molecule has 1 aliphatic rings. The maximum atomic E-state index is 13.3. The molecule has 31 heavy (non-hydrogen) atoms. The molecule has 0 saturated heterocycles. The number of anilines is 1. The van der Waals surface area contributed by atoms with Crippen molar-refractivity contribution in [1.29, 1.82) is 0 Å². The summed E-state index contributed by atoms with van der Waals surface area (Å²) in [6, 6.07) is 22.7. The van der Waals surface area contributed by atoms with Crippen molar-refractivity contribution in [3.05, 3.63) is 106 Å². The van der Waals surface area contributed by atoms with E-state index in [4.69, 9.17) is 11.6 Å². The first-order valence-corrected chi connectivity index (χ1v) is 10.6. The quantitative estimate of drug-likeness (QED) is 0.533. The van der Waals surface area contributed by atoms with Gasteiger partial charge in [-0.2, -0.15) is 0 Å². The molecule has 1 heterocycles. The molecule has 2 amide bonds. The molecule has 0 aliphatic carbocycles. The Morgan fingerprint density at radius 1 is 0.839 bits per heavy atom. The van der Waals surface area contributed by atoms with Crippen LogP contribution in [0.3, 0.4) is 0 Å². The molecule has 3 aromatic rings. The molecule has 0 fully saturated rings. The Bertz CT molecular complexity index is 1170. The van der Waals surface area contributed by atoms with Crippen LogP contribution in [-0.2, 0) is 16.0 Å². The molecular weight excluding hydrogens is 408 g/mol. The second-order valence-corrected chi connectivity index (χ2v) is 8.06. The minimum absolute atomic E-state index is 0.280. The van der Waals surface area contributed by atoms with E-state index >= 15 is 0 Å². The predicted molar refractivity (Wildman–Crippen MR) is 125 cm³/mol. The standard InChI is InChI=1S/C26H23ClN2O2/c1-17-7-6-10-22(18(17)2)28-24-23(20-8-4-3-5-9-20)25(30)29(26(24)31)16-15-19-11-13-21(27)14-12-19/h3-14,28H,15-16H2,1-2H3. The van der Waals surface area contributed by atoms with E-state index < -0.39 is 0 Å². The van der Waals surface area contributed by atoms with Gasteiger partial charge in [0.05, 0.1) is 5.57 Å². The van der Waals surface area contributed by atoms with Crippen LogP contribution in [0.25, 0.3) is 5.57 Å². The van der Waals surface area contributed by atoms with Gasteiger partial charge in [0.25, 0.3) is 11.8 Å². The number of carbonyl (C=O) groups excluding carboxylic acids is 2. The number of amides is 2. The predicted octanol–water partition coefficient (Wildman–Crippen LogP) is 5.39. The number of imide groups is 1. The second-order valence-electron chi connectivity index (χ2n) is 7.63. The number of rotatable bonds is 6. The average molecular weight is 431 g/mol. The van der Waals surface area contributed by atoms with Crippen LogP contribution >= 0.6 is 11.6 Å². The topological polar surface area (TPSA) is 49.4 Å². The van der Waals surface area contributed by atoms with Crippen molar-refractivity contribution in [2.24, 2.45) is 0 Å². The first kappa shape index (κ1) is 20.9. The van der Waals surface area contributed by atoms with Crippen molar-refractivity contribution in [1.82, 2.24) is 4.90 Å². The van der Waals surface area contributed by atoms with E-state index in [0.29, 0.717) is 29.3 Å². The Balaban J connectivity index is 1.67. The van der Waals surface area contributed by atoms with Crippen molar-refractivity contribution < 1.29 is 9.59 Å². The van der Waals surface area contributed by atoms with E-state index in [1.807, 2.05) is 86.6 Å². The number of benzene rings is 3. The van der Waals surface area contributed by atoms with Crippen LogP contribution in [-0.4, -0.2) is 23.3 Å². The van der Waals surface area contributed by atoms with E-state index in [1.165, 1.54) is 4.90 Å². The third kappa shape index (κ3) is 4.25. The monoisotopic (exact) mass is 430 g/mol. The molecule has 0 bridgehead atoms. The molecule has 0 spiro atoms. The van der Waals surface area contributed by atoms with Crippen LogP contribution in [0, 0.1) is 13.8 Å². The number of nitrogens with zero attached hydrogens (tertiary/aromatic N) is 1. The zero-order chi connectivity index (χ0) is 22.0. The Kier molecular flexibility index (Phi) is 5.92. The van der Waals surface area contributed by atoms with Gasteiger partial charge in [0.2, 0.25) is 0 Å². The highest BCUT2D eigenvalue weighted by Gasteiger charge is 2.39. The summed E-state index contributed by atoms with van der Waals surface area (Å²) >= 11 is 5.96. The molecule has 5 heteroatoms. The van der Waals surface area contributed by atoms with Gasteiger partial charge in [-0.25, -0.2) is 0 Å². The first-order valence-electron chi connectivity index (χ1n) is 10.2. The van der Waals surface area contributed by atoms with Crippen molar-refractivity contribution in [2.45, 2.75) is 20.3 Å². The number of nitrogens with one attached hydrogen (secondary N) is 1. The molecule has 1 aliphatic heterocycles. The Morgan fingerprint density at radius 2 is 1.55 bits per heavy atom. The maximum Gasteiger partial charge on any atom is 0.278 e. The molecule has 156 valence electrons. The van der Waals surface area contributed by atoms with E-state index in [9.17, 15) is 9.59 Å². The Labute approximate surface area is 187 Å². The fourth-order valence-corrected chi connectivity index (χ4v) is 3.81. The molecule has 3 aromatic carbocycles. The molecule has 0 unspecified atom stereocenters. The van der Waals surface area contributed by atoms with Gasteiger partial charge in [0.15, 0.2) is 0 Å². The Morgan fingerprint density at radius 3 is 2.26 bits per heavy atom. The number of hydrogen-bond donors (Lipinski definition) is 1. The highest BCUT2D eigenvalue weighted by Crippen LogP contribution is 2.31. The number of halogens is 1. The highest BCUT2D eigenvalue weighted by atomic mass is 35.5. The van der Waals surface area contributed by atoms with Crippen LogP contribution < -0.4 is 5.32 Å². The molecule has 0 aromatic heterocycles. The van der Waals surface area contributed by atoms with Gasteiger partial charge >= 0.3 is 0 Å². The van der Waals surface area contributed by atoms with Gasteiger partial charge < -0.3 is 5.32 Å². The lowest BCUT2D eigenvalue weighted by Gasteiger charge is -2.16. The lowest BCUT2D eigenvalue weighted by Crippen LogP contribution is -2.34. The zero-order valence-corrected chi connectivity index (χ0v) is 18.2. The van der Waals surface area contributed by atoms with E-state index in [2.05, 4.69) is 5.32 Å². The summed E-state index contributed by atoms with van der Waals surface area (Å²) in [6.45, 7) is 4.32. The summed E-state index contributed by atoms with van der Waals surface area (Å²) in [7, 11) is 0.